The number of halogens is 2. The predicted octanol–water partition coefficient (Wildman–Crippen LogP) is 3.84. The summed E-state index contributed by atoms with van der Waals surface area (Å²) in [4.78, 5) is 0. The summed E-state index contributed by atoms with van der Waals surface area (Å²) in [5.74, 6) is 0.602. The molecule has 0 aromatic heterocycles. The van der Waals surface area contributed by atoms with Crippen molar-refractivity contribution in [2.45, 2.75) is 32.8 Å². The Labute approximate surface area is 119 Å². The zero-order valence-electron chi connectivity index (χ0n) is 11.1. The smallest absolute Gasteiger partial charge is 0.0895 e. The highest BCUT2D eigenvalue weighted by molar-refractivity contribution is 6.42. The molecule has 102 valence electrons. The topological polar surface area (TPSA) is 32.3 Å². The normalized spacial score (nSPS) is 14.8. The standard InChI is InChI=1S/C14H21Cl2NO/c1-10(2)9-17-8-7-14(3,18)11-5-4-6-12(15)13(11)16/h4-6,10,17-18H,7-9H2,1-3H3. The zero-order chi connectivity index (χ0) is 13.8. The maximum absolute atomic E-state index is 10.5. The maximum atomic E-state index is 10.5. The van der Waals surface area contributed by atoms with Gasteiger partial charge >= 0.3 is 0 Å². The molecule has 4 heteroatoms. The van der Waals surface area contributed by atoms with Crippen molar-refractivity contribution >= 4 is 23.2 Å². The van der Waals surface area contributed by atoms with Crippen LogP contribution in [0.3, 0.4) is 0 Å². The van der Waals surface area contributed by atoms with E-state index in [4.69, 9.17) is 23.2 Å². The molecule has 0 fully saturated rings. The van der Waals surface area contributed by atoms with Crippen LogP contribution < -0.4 is 5.32 Å². The van der Waals surface area contributed by atoms with Gasteiger partial charge in [-0.25, -0.2) is 0 Å². The molecule has 0 aliphatic rings. The Balaban J connectivity index is 2.65. The fourth-order valence-electron chi connectivity index (χ4n) is 1.78. The summed E-state index contributed by atoms with van der Waals surface area (Å²) in [7, 11) is 0. The van der Waals surface area contributed by atoms with Gasteiger partial charge < -0.3 is 10.4 Å². The molecule has 1 atom stereocenters. The molecule has 0 saturated heterocycles. The molecule has 0 saturated carbocycles. The van der Waals surface area contributed by atoms with Crippen molar-refractivity contribution in [3.63, 3.8) is 0 Å². The third-order valence-corrected chi connectivity index (χ3v) is 3.69. The van der Waals surface area contributed by atoms with Gasteiger partial charge in [0.25, 0.3) is 0 Å². The van der Waals surface area contributed by atoms with Crippen LogP contribution in [0.15, 0.2) is 18.2 Å². The van der Waals surface area contributed by atoms with Crippen LogP contribution in [0.25, 0.3) is 0 Å². The van der Waals surface area contributed by atoms with Gasteiger partial charge in [0.15, 0.2) is 0 Å². The number of benzene rings is 1. The molecule has 0 radical (unpaired) electrons. The molecule has 0 aliphatic carbocycles. The monoisotopic (exact) mass is 289 g/mol. The number of hydrogen-bond donors (Lipinski definition) is 2. The van der Waals surface area contributed by atoms with Crippen molar-refractivity contribution in [3.8, 4) is 0 Å². The van der Waals surface area contributed by atoms with Crippen LogP contribution in [0.4, 0.5) is 0 Å². The van der Waals surface area contributed by atoms with Gasteiger partial charge in [0.2, 0.25) is 0 Å². The van der Waals surface area contributed by atoms with E-state index >= 15 is 0 Å². The van der Waals surface area contributed by atoms with Crippen LogP contribution in [0.5, 0.6) is 0 Å². The molecule has 0 bridgehead atoms. The SMILES string of the molecule is CC(C)CNCCC(C)(O)c1cccc(Cl)c1Cl. The summed E-state index contributed by atoms with van der Waals surface area (Å²) >= 11 is 12.1. The molecular weight excluding hydrogens is 269 g/mol. The molecule has 2 nitrogen and oxygen atoms in total. The van der Waals surface area contributed by atoms with E-state index < -0.39 is 5.60 Å². The first-order valence-corrected chi connectivity index (χ1v) is 6.98. The lowest BCUT2D eigenvalue weighted by molar-refractivity contribution is 0.0480. The van der Waals surface area contributed by atoms with Crippen molar-refractivity contribution in [1.29, 1.82) is 0 Å². The van der Waals surface area contributed by atoms with Crippen LogP contribution in [-0.4, -0.2) is 18.2 Å². The highest BCUT2D eigenvalue weighted by Gasteiger charge is 2.26. The van der Waals surface area contributed by atoms with Crippen molar-refractivity contribution in [2.75, 3.05) is 13.1 Å². The molecule has 0 spiro atoms. The highest BCUT2D eigenvalue weighted by Crippen LogP contribution is 2.34. The van der Waals surface area contributed by atoms with E-state index in [0.717, 1.165) is 13.1 Å². The minimum atomic E-state index is -0.966. The average Bonchev–Trinajstić information content (AvgIpc) is 2.28. The van der Waals surface area contributed by atoms with Crippen molar-refractivity contribution in [1.82, 2.24) is 5.32 Å². The summed E-state index contributed by atoms with van der Waals surface area (Å²) in [5.41, 5.74) is -0.283. The number of rotatable bonds is 6. The maximum Gasteiger partial charge on any atom is 0.0895 e. The first kappa shape index (κ1) is 15.8. The third kappa shape index (κ3) is 4.43. The van der Waals surface area contributed by atoms with Gasteiger partial charge in [0.05, 0.1) is 15.6 Å². The van der Waals surface area contributed by atoms with E-state index in [2.05, 4.69) is 19.2 Å². The Kier molecular flexibility index (Phi) is 5.93. The molecule has 1 unspecified atom stereocenters. The fourth-order valence-corrected chi connectivity index (χ4v) is 2.28. The molecule has 2 N–H and O–H groups in total. The molecule has 18 heavy (non-hydrogen) atoms. The van der Waals surface area contributed by atoms with E-state index in [9.17, 15) is 5.11 Å². The van der Waals surface area contributed by atoms with Gasteiger partial charge in [-0.3, -0.25) is 0 Å². The van der Waals surface area contributed by atoms with E-state index in [-0.39, 0.29) is 0 Å². The van der Waals surface area contributed by atoms with Gasteiger partial charge in [0.1, 0.15) is 0 Å². The van der Waals surface area contributed by atoms with Gasteiger partial charge in [-0.1, -0.05) is 49.2 Å². The van der Waals surface area contributed by atoms with Gasteiger partial charge in [-0.15, -0.1) is 0 Å². The Hall–Kier alpha value is -0.280. The molecule has 1 aromatic rings. The second kappa shape index (κ2) is 6.76. The van der Waals surface area contributed by atoms with Crippen LogP contribution in [0.2, 0.25) is 10.0 Å². The lowest BCUT2D eigenvalue weighted by Gasteiger charge is -2.25. The van der Waals surface area contributed by atoms with E-state index in [0.29, 0.717) is 27.9 Å². The Morgan fingerprint density at radius 1 is 1.33 bits per heavy atom. The second-order valence-electron chi connectivity index (χ2n) is 5.22. The lowest BCUT2D eigenvalue weighted by atomic mass is 9.92. The van der Waals surface area contributed by atoms with E-state index in [1.807, 2.05) is 6.07 Å². The van der Waals surface area contributed by atoms with Crippen molar-refractivity contribution in [3.05, 3.63) is 33.8 Å². The first-order chi connectivity index (χ1) is 8.34. The minimum Gasteiger partial charge on any atom is -0.385 e. The van der Waals surface area contributed by atoms with Gasteiger partial charge in [0, 0.05) is 5.56 Å². The number of hydrogen-bond acceptors (Lipinski definition) is 2. The van der Waals surface area contributed by atoms with Crippen molar-refractivity contribution < 1.29 is 5.11 Å². The van der Waals surface area contributed by atoms with Crippen LogP contribution in [-0.2, 0) is 5.60 Å². The summed E-state index contributed by atoms with van der Waals surface area (Å²) in [5, 5.41) is 14.7. The number of aliphatic hydroxyl groups is 1. The minimum absolute atomic E-state index is 0.438. The molecule has 0 heterocycles. The van der Waals surface area contributed by atoms with Crippen LogP contribution >= 0.6 is 23.2 Å². The summed E-state index contributed by atoms with van der Waals surface area (Å²) in [6.07, 6.45) is 0.597. The molecule has 1 aromatic carbocycles. The van der Waals surface area contributed by atoms with Crippen LogP contribution in [0, 0.1) is 5.92 Å². The predicted molar refractivity (Wildman–Crippen MR) is 78.4 cm³/mol. The Bertz CT molecular complexity index is 391. The largest absolute Gasteiger partial charge is 0.385 e. The first-order valence-electron chi connectivity index (χ1n) is 6.22. The van der Waals surface area contributed by atoms with Crippen LogP contribution in [0.1, 0.15) is 32.8 Å². The average molecular weight is 290 g/mol. The highest BCUT2D eigenvalue weighted by atomic mass is 35.5. The lowest BCUT2D eigenvalue weighted by Crippen LogP contribution is -2.29. The Morgan fingerprint density at radius 2 is 2.00 bits per heavy atom. The zero-order valence-corrected chi connectivity index (χ0v) is 12.6. The summed E-state index contributed by atoms with van der Waals surface area (Å²) < 4.78 is 0. The summed E-state index contributed by atoms with van der Waals surface area (Å²) in [6.45, 7) is 7.76. The molecular formula is C14H21Cl2NO. The third-order valence-electron chi connectivity index (χ3n) is 2.87. The van der Waals surface area contributed by atoms with Gasteiger partial charge in [-0.2, -0.15) is 0 Å². The van der Waals surface area contributed by atoms with Gasteiger partial charge in [-0.05, 0) is 38.4 Å². The number of nitrogens with one attached hydrogen (secondary N) is 1. The quantitative estimate of drug-likeness (QED) is 0.780. The summed E-state index contributed by atoms with van der Waals surface area (Å²) in [6, 6.07) is 5.34. The van der Waals surface area contributed by atoms with E-state index in [1.165, 1.54) is 0 Å². The molecule has 0 amide bonds. The Morgan fingerprint density at radius 3 is 2.61 bits per heavy atom. The van der Waals surface area contributed by atoms with E-state index in [1.54, 1.807) is 19.1 Å². The van der Waals surface area contributed by atoms with Crippen molar-refractivity contribution in [2.24, 2.45) is 5.92 Å². The molecule has 1 rings (SSSR count). The second-order valence-corrected chi connectivity index (χ2v) is 6.01. The molecule has 0 aliphatic heterocycles. The fraction of sp³-hybridized carbons (Fsp3) is 0.571.